The lowest BCUT2D eigenvalue weighted by atomic mass is 9.96. The summed E-state index contributed by atoms with van der Waals surface area (Å²) in [6.45, 7) is 0.748. The van der Waals surface area contributed by atoms with Crippen LogP contribution in [0.3, 0.4) is 0 Å². The van der Waals surface area contributed by atoms with Crippen LogP contribution in [0.5, 0.6) is 5.75 Å². The van der Waals surface area contributed by atoms with Crippen LogP contribution in [0.2, 0.25) is 0 Å². The van der Waals surface area contributed by atoms with Gasteiger partial charge in [0.05, 0.1) is 0 Å². The molecule has 1 heterocycles. The fourth-order valence-electron chi connectivity index (χ4n) is 2.55. The van der Waals surface area contributed by atoms with Crippen LogP contribution < -0.4 is 10.5 Å². The minimum absolute atomic E-state index is 0.178. The van der Waals surface area contributed by atoms with Gasteiger partial charge in [0.15, 0.2) is 0 Å². The first-order valence-corrected chi connectivity index (χ1v) is 5.86. The molecule has 1 aromatic rings. The van der Waals surface area contributed by atoms with Crippen LogP contribution in [0.1, 0.15) is 24.8 Å². The van der Waals surface area contributed by atoms with Crippen molar-refractivity contribution in [1.29, 1.82) is 0 Å². The van der Waals surface area contributed by atoms with Crippen molar-refractivity contribution in [3.05, 3.63) is 29.6 Å². The highest BCUT2D eigenvalue weighted by atomic mass is 19.1. The Morgan fingerprint density at radius 3 is 2.94 bits per heavy atom. The van der Waals surface area contributed by atoms with Crippen molar-refractivity contribution in [2.24, 2.45) is 11.1 Å². The second-order valence-electron chi connectivity index (χ2n) is 5.10. The Hall–Kier alpha value is -1.09. The fraction of sp³-hybridized carbons (Fsp3) is 0.538. The van der Waals surface area contributed by atoms with Crippen LogP contribution in [-0.4, -0.2) is 12.6 Å². The molecule has 0 amide bonds. The van der Waals surface area contributed by atoms with Crippen LogP contribution >= 0.6 is 0 Å². The lowest BCUT2D eigenvalue weighted by Gasteiger charge is -2.17. The van der Waals surface area contributed by atoms with Gasteiger partial charge in [0.1, 0.15) is 17.7 Å². The average Bonchev–Trinajstić information content (AvgIpc) is 2.92. The molecule has 0 radical (unpaired) electrons. The molecule has 2 N–H and O–H groups in total. The maximum atomic E-state index is 13.0. The van der Waals surface area contributed by atoms with Crippen molar-refractivity contribution in [2.45, 2.75) is 31.8 Å². The molecule has 3 heteroatoms. The summed E-state index contributed by atoms with van der Waals surface area (Å²) in [5, 5.41) is 0. The summed E-state index contributed by atoms with van der Waals surface area (Å²) in [6.07, 6.45) is 4.47. The molecule has 16 heavy (non-hydrogen) atoms. The van der Waals surface area contributed by atoms with E-state index in [9.17, 15) is 4.39 Å². The van der Waals surface area contributed by atoms with E-state index in [-0.39, 0.29) is 11.9 Å². The highest BCUT2D eigenvalue weighted by Crippen LogP contribution is 2.50. The summed E-state index contributed by atoms with van der Waals surface area (Å²) < 4.78 is 18.8. The van der Waals surface area contributed by atoms with E-state index in [1.54, 1.807) is 12.1 Å². The van der Waals surface area contributed by atoms with Crippen molar-refractivity contribution in [3.8, 4) is 5.75 Å². The molecule has 86 valence electrons. The van der Waals surface area contributed by atoms with E-state index in [0.29, 0.717) is 5.41 Å². The minimum Gasteiger partial charge on any atom is -0.490 e. The van der Waals surface area contributed by atoms with Gasteiger partial charge in [-0.1, -0.05) is 0 Å². The fourth-order valence-corrected chi connectivity index (χ4v) is 2.55. The van der Waals surface area contributed by atoms with E-state index in [1.165, 1.54) is 18.9 Å². The van der Waals surface area contributed by atoms with Gasteiger partial charge in [-0.25, -0.2) is 4.39 Å². The monoisotopic (exact) mass is 221 g/mol. The minimum atomic E-state index is -0.178. The van der Waals surface area contributed by atoms with Gasteiger partial charge in [-0.3, -0.25) is 0 Å². The van der Waals surface area contributed by atoms with Gasteiger partial charge in [-0.05, 0) is 49.4 Å². The molecule has 0 spiro atoms. The summed E-state index contributed by atoms with van der Waals surface area (Å²) >= 11 is 0. The third-order valence-electron chi connectivity index (χ3n) is 3.81. The third-order valence-corrected chi connectivity index (χ3v) is 3.81. The predicted octanol–water partition coefficient (Wildman–Crippen LogP) is 2.26. The highest BCUT2D eigenvalue weighted by Gasteiger charge is 2.44. The Bertz CT molecular complexity index is 414. The first kappa shape index (κ1) is 10.1. The zero-order chi connectivity index (χ0) is 11.2. The second-order valence-corrected chi connectivity index (χ2v) is 5.10. The zero-order valence-corrected chi connectivity index (χ0v) is 9.21. The molecule has 1 aliphatic carbocycles. The Labute approximate surface area is 94.6 Å². The average molecular weight is 221 g/mol. The Morgan fingerprint density at radius 2 is 2.25 bits per heavy atom. The van der Waals surface area contributed by atoms with Gasteiger partial charge in [0.2, 0.25) is 0 Å². The van der Waals surface area contributed by atoms with E-state index in [2.05, 4.69) is 0 Å². The molecular weight excluding hydrogens is 205 g/mol. The molecule has 1 saturated carbocycles. The molecule has 1 unspecified atom stereocenters. The molecule has 1 aromatic carbocycles. The summed E-state index contributed by atoms with van der Waals surface area (Å²) in [4.78, 5) is 0. The number of rotatable bonds is 3. The lowest BCUT2D eigenvalue weighted by Crippen LogP contribution is -2.24. The summed E-state index contributed by atoms with van der Waals surface area (Å²) in [6, 6.07) is 4.76. The van der Waals surface area contributed by atoms with Crippen LogP contribution in [0.25, 0.3) is 0 Å². The molecule has 0 aromatic heterocycles. The zero-order valence-electron chi connectivity index (χ0n) is 9.21. The Kier molecular flexibility index (Phi) is 2.18. The van der Waals surface area contributed by atoms with Crippen LogP contribution in [0, 0.1) is 11.2 Å². The molecule has 0 saturated heterocycles. The molecule has 1 atom stereocenters. The van der Waals surface area contributed by atoms with Crippen LogP contribution in [-0.2, 0) is 6.42 Å². The highest BCUT2D eigenvalue weighted by molar-refractivity contribution is 5.38. The molecule has 2 aliphatic rings. The summed E-state index contributed by atoms with van der Waals surface area (Å²) in [5.74, 6) is 0.669. The van der Waals surface area contributed by atoms with Gasteiger partial charge in [0, 0.05) is 12.0 Å². The maximum Gasteiger partial charge on any atom is 0.123 e. The van der Waals surface area contributed by atoms with Crippen molar-refractivity contribution >= 4 is 0 Å². The SMILES string of the molecule is NCC1(CC2Cc3cc(F)ccc3O2)CC1. The normalized spacial score (nSPS) is 25.0. The molecule has 1 aliphatic heterocycles. The lowest BCUT2D eigenvalue weighted by molar-refractivity contribution is 0.188. The smallest absolute Gasteiger partial charge is 0.123 e. The molecular formula is C13H16FNO. The first-order valence-electron chi connectivity index (χ1n) is 5.86. The maximum absolute atomic E-state index is 13.0. The standard InChI is InChI=1S/C13H16FNO/c14-10-1-2-12-9(5-10)6-11(16-12)7-13(8-15)3-4-13/h1-2,5,11H,3-4,6-8,15H2. The van der Waals surface area contributed by atoms with Crippen molar-refractivity contribution in [3.63, 3.8) is 0 Å². The van der Waals surface area contributed by atoms with E-state index < -0.39 is 0 Å². The number of fused-ring (bicyclic) bond motifs is 1. The third kappa shape index (κ3) is 1.69. The second kappa shape index (κ2) is 3.45. The summed E-state index contributed by atoms with van der Waals surface area (Å²) in [5.41, 5.74) is 7.08. The molecule has 1 fully saturated rings. The first-order chi connectivity index (χ1) is 7.71. The molecule has 0 bridgehead atoms. The number of nitrogens with two attached hydrogens (primary N) is 1. The van der Waals surface area contributed by atoms with Crippen LogP contribution in [0.15, 0.2) is 18.2 Å². The van der Waals surface area contributed by atoms with E-state index >= 15 is 0 Å². The molecule has 2 nitrogen and oxygen atoms in total. The van der Waals surface area contributed by atoms with Crippen molar-refractivity contribution in [2.75, 3.05) is 6.54 Å². The number of hydrogen-bond acceptors (Lipinski definition) is 2. The summed E-state index contributed by atoms with van der Waals surface area (Å²) in [7, 11) is 0. The topological polar surface area (TPSA) is 35.2 Å². The van der Waals surface area contributed by atoms with E-state index in [4.69, 9.17) is 10.5 Å². The van der Waals surface area contributed by atoms with Gasteiger partial charge in [0.25, 0.3) is 0 Å². The predicted molar refractivity (Wildman–Crippen MR) is 59.9 cm³/mol. The number of benzene rings is 1. The number of halogens is 1. The Morgan fingerprint density at radius 1 is 1.44 bits per heavy atom. The van der Waals surface area contributed by atoms with Gasteiger partial charge < -0.3 is 10.5 Å². The van der Waals surface area contributed by atoms with E-state index in [0.717, 1.165) is 30.7 Å². The quantitative estimate of drug-likeness (QED) is 0.849. The van der Waals surface area contributed by atoms with Gasteiger partial charge >= 0.3 is 0 Å². The van der Waals surface area contributed by atoms with E-state index in [1.807, 2.05) is 0 Å². The number of ether oxygens (including phenoxy) is 1. The molecule has 3 rings (SSSR count). The Balaban J connectivity index is 1.71. The van der Waals surface area contributed by atoms with Gasteiger partial charge in [-0.15, -0.1) is 0 Å². The van der Waals surface area contributed by atoms with Crippen LogP contribution in [0.4, 0.5) is 4.39 Å². The van der Waals surface area contributed by atoms with Crippen molar-refractivity contribution in [1.82, 2.24) is 0 Å². The van der Waals surface area contributed by atoms with Crippen molar-refractivity contribution < 1.29 is 9.13 Å². The largest absolute Gasteiger partial charge is 0.490 e. The van der Waals surface area contributed by atoms with Gasteiger partial charge in [-0.2, -0.15) is 0 Å². The number of hydrogen-bond donors (Lipinski definition) is 1.